The van der Waals surface area contributed by atoms with E-state index in [0.717, 1.165) is 22.5 Å². The Hall–Kier alpha value is -3.14. The first kappa shape index (κ1) is 17.7. The van der Waals surface area contributed by atoms with Crippen LogP contribution in [-0.2, 0) is 17.8 Å². The average Bonchev–Trinajstić information content (AvgIpc) is 2.62. The third-order valence-corrected chi connectivity index (χ3v) is 4.06. The first-order chi connectivity index (χ1) is 12.6. The molecule has 0 aliphatic carbocycles. The lowest BCUT2D eigenvalue weighted by Gasteiger charge is -2.09. The summed E-state index contributed by atoms with van der Waals surface area (Å²) in [6.45, 7) is 2.42. The van der Waals surface area contributed by atoms with Gasteiger partial charge in [-0.2, -0.15) is 0 Å². The second-order valence-corrected chi connectivity index (χ2v) is 6.24. The van der Waals surface area contributed by atoms with Gasteiger partial charge in [0.2, 0.25) is 5.91 Å². The lowest BCUT2D eigenvalue weighted by molar-refractivity contribution is -0.115. The van der Waals surface area contributed by atoms with Crippen LogP contribution in [0, 0.1) is 12.7 Å². The molecule has 0 aliphatic rings. The first-order valence-electron chi connectivity index (χ1n) is 8.53. The first-order valence-corrected chi connectivity index (χ1v) is 8.53. The van der Waals surface area contributed by atoms with E-state index in [1.165, 1.54) is 6.07 Å². The fourth-order valence-electron chi connectivity index (χ4n) is 2.72. The topological polar surface area (TPSA) is 41.1 Å². The van der Waals surface area contributed by atoms with Gasteiger partial charge in [-0.15, -0.1) is 0 Å². The summed E-state index contributed by atoms with van der Waals surface area (Å²) >= 11 is 0. The van der Waals surface area contributed by atoms with Crippen molar-refractivity contribution in [1.82, 2.24) is 0 Å². The zero-order valence-electron chi connectivity index (χ0n) is 14.6. The third-order valence-electron chi connectivity index (χ3n) is 4.06. The van der Waals surface area contributed by atoms with Gasteiger partial charge < -0.3 is 10.6 Å². The van der Waals surface area contributed by atoms with Gasteiger partial charge in [0, 0.05) is 23.5 Å². The van der Waals surface area contributed by atoms with E-state index in [1.807, 2.05) is 61.5 Å². The molecular weight excluding hydrogens is 327 g/mol. The number of carbonyl (C=O) groups is 1. The van der Waals surface area contributed by atoms with E-state index in [-0.39, 0.29) is 11.7 Å². The molecule has 132 valence electrons. The van der Waals surface area contributed by atoms with Crippen LogP contribution in [-0.4, -0.2) is 5.91 Å². The van der Waals surface area contributed by atoms with Crippen molar-refractivity contribution in [2.45, 2.75) is 19.9 Å². The molecule has 0 aromatic heterocycles. The van der Waals surface area contributed by atoms with Crippen LogP contribution in [0.25, 0.3) is 0 Å². The van der Waals surface area contributed by atoms with E-state index in [2.05, 4.69) is 10.6 Å². The van der Waals surface area contributed by atoms with Gasteiger partial charge in [-0.05, 0) is 42.8 Å². The summed E-state index contributed by atoms with van der Waals surface area (Å²) in [7, 11) is 0. The minimum absolute atomic E-state index is 0.0531. The van der Waals surface area contributed by atoms with Crippen molar-refractivity contribution in [1.29, 1.82) is 0 Å². The molecule has 3 nitrogen and oxygen atoms in total. The summed E-state index contributed by atoms with van der Waals surface area (Å²) in [4.78, 5) is 12.2. The van der Waals surface area contributed by atoms with Crippen molar-refractivity contribution in [3.63, 3.8) is 0 Å². The summed E-state index contributed by atoms with van der Waals surface area (Å²) in [5.41, 5.74) is 4.35. The highest BCUT2D eigenvalue weighted by Gasteiger charge is 2.05. The number of anilines is 2. The number of hydrogen-bond acceptors (Lipinski definition) is 2. The number of nitrogens with one attached hydrogen (secondary N) is 2. The second-order valence-electron chi connectivity index (χ2n) is 6.24. The standard InChI is InChI=1S/C22H21FN2O/c1-16-5-4-6-17(13-16)14-22(26)25-20-11-9-19(10-12-20)24-15-18-7-2-3-8-21(18)23/h2-13,24H,14-15H2,1H3,(H,25,26). The summed E-state index contributed by atoms with van der Waals surface area (Å²) in [5.74, 6) is -0.275. The van der Waals surface area contributed by atoms with E-state index in [9.17, 15) is 9.18 Å². The fraction of sp³-hybridized carbons (Fsp3) is 0.136. The molecule has 0 radical (unpaired) electrons. The van der Waals surface area contributed by atoms with Crippen LogP contribution < -0.4 is 10.6 Å². The zero-order valence-corrected chi connectivity index (χ0v) is 14.6. The molecule has 3 aromatic carbocycles. The van der Waals surface area contributed by atoms with Gasteiger partial charge in [-0.25, -0.2) is 4.39 Å². The molecule has 26 heavy (non-hydrogen) atoms. The van der Waals surface area contributed by atoms with Crippen molar-refractivity contribution in [3.05, 3.63) is 95.3 Å². The Kier molecular flexibility index (Phi) is 5.64. The van der Waals surface area contributed by atoms with Crippen molar-refractivity contribution < 1.29 is 9.18 Å². The Bertz CT molecular complexity index is 891. The molecule has 3 rings (SSSR count). The van der Waals surface area contributed by atoms with Crippen LogP contribution in [0.5, 0.6) is 0 Å². The quantitative estimate of drug-likeness (QED) is 0.663. The highest BCUT2D eigenvalue weighted by atomic mass is 19.1. The summed E-state index contributed by atoms with van der Waals surface area (Å²) in [6.07, 6.45) is 0.342. The maximum atomic E-state index is 13.6. The number of hydrogen-bond donors (Lipinski definition) is 2. The van der Waals surface area contributed by atoms with Crippen LogP contribution in [0.2, 0.25) is 0 Å². The molecule has 4 heteroatoms. The number of amides is 1. The van der Waals surface area contributed by atoms with Gasteiger partial charge >= 0.3 is 0 Å². The Morgan fingerprint density at radius 2 is 1.65 bits per heavy atom. The van der Waals surface area contributed by atoms with E-state index in [1.54, 1.807) is 12.1 Å². The SMILES string of the molecule is Cc1cccc(CC(=O)Nc2ccc(NCc3ccccc3F)cc2)c1. The van der Waals surface area contributed by atoms with Crippen molar-refractivity contribution in [3.8, 4) is 0 Å². The van der Waals surface area contributed by atoms with E-state index < -0.39 is 0 Å². The van der Waals surface area contributed by atoms with Crippen LogP contribution in [0.1, 0.15) is 16.7 Å². The number of benzene rings is 3. The third kappa shape index (κ3) is 4.93. The average molecular weight is 348 g/mol. The summed E-state index contributed by atoms with van der Waals surface area (Å²) < 4.78 is 13.6. The Morgan fingerprint density at radius 1 is 0.923 bits per heavy atom. The molecule has 2 N–H and O–H groups in total. The summed E-state index contributed by atoms with van der Waals surface area (Å²) in [5, 5.41) is 6.07. The van der Waals surface area contributed by atoms with Gasteiger partial charge in [0.1, 0.15) is 5.82 Å². The molecule has 0 spiro atoms. The molecule has 1 amide bonds. The molecule has 0 atom stereocenters. The highest BCUT2D eigenvalue weighted by Crippen LogP contribution is 2.16. The molecule has 0 unspecified atom stereocenters. The molecule has 0 heterocycles. The predicted molar refractivity (Wildman–Crippen MR) is 104 cm³/mol. The Labute approximate surface area is 152 Å². The van der Waals surface area contributed by atoms with E-state index in [0.29, 0.717) is 18.5 Å². The number of carbonyl (C=O) groups excluding carboxylic acids is 1. The van der Waals surface area contributed by atoms with Gasteiger partial charge in [0.15, 0.2) is 0 Å². The number of halogens is 1. The minimum atomic E-state index is -0.222. The molecule has 3 aromatic rings. The van der Waals surface area contributed by atoms with E-state index in [4.69, 9.17) is 0 Å². The van der Waals surface area contributed by atoms with Crippen molar-refractivity contribution >= 4 is 17.3 Å². The maximum absolute atomic E-state index is 13.6. The number of rotatable bonds is 6. The van der Waals surface area contributed by atoms with Crippen LogP contribution in [0.15, 0.2) is 72.8 Å². The zero-order chi connectivity index (χ0) is 18.4. The summed E-state index contributed by atoms with van der Waals surface area (Å²) in [6, 6.07) is 22.0. The lowest BCUT2D eigenvalue weighted by Crippen LogP contribution is -2.14. The molecule has 0 saturated carbocycles. The molecular formula is C22H21FN2O. The van der Waals surface area contributed by atoms with Gasteiger partial charge in [-0.1, -0.05) is 48.0 Å². The monoisotopic (exact) mass is 348 g/mol. The van der Waals surface area contributed by atoms with Gasteiger partial charge in [0.25, 0.3) is 0 Å². The van der Waals surface area contributed by atoms with Crippen molar-refractivity contribution in [2.24, 2.45) is 0 Å². The van der Waals surface area contributed by atoms with E-state index >= 15 is 0 Å². The molecule has 0 saturated heterocycles. The van der Waals surface area contributed by atoms with Crippen LogP contribution in [0.4, 0.5) is 15.8 Å². The predicted octanol–water partition coefficient (Wildman–Crippen LogP) is 4.93. The molecule has 0 fully saturated rings. The van der Waals surface area contributed by atoms with Gasteiger partial charge in [0.05, 0.1) is 6.42 Å². The fourth-order valence-corrected chi connectivity index (χ4v) is 2.72. The minimum Gasteiger partial charge on any atom is -0.381 e. The largest absolute Gasteiger partial charge is 0.381 e. The smallest absolute Gasteiger partial charge is 0.228 e. The lowest BCUT2D eigenvalue weighted by atomic mass is 10.1. The molecule has 0 aliphatic heterocycles. The Morgan fingerprint density at radius 3 is 2.38 bits per heavy atom. The normalized spacial score (nSPS) is 10.4. The Balaban J connectivity index is 1.54. The van der Waals surface area contributed by atoms with Crippen LogP contribution >= 0.6 is 0 Å². The maximum Gasteiger partial charge on any atom is 0.228 e. The number of aryl methyl sites for hydroxylation is 1. The van der Waals surface area contributed by atoms with Crippen LogP contribution in [0.3, 0.4) is 0 Å². The molecule has 0 bridgehead atoms. The van der Waals surface area contributed by atoms with Crippen molar-refractivity contribution in [2.75, 3.05) is 10.6 Å². The second kappa shape index (κ2) is 8.30. The highest BCUT2D eigenvalue weighted by molar-refractivity contribution is 5.92. The van der Waals surface area contributed by atoms with Gasteiger partial charge in [-0.3, -0.25) is 4.79 Å².